The van der Waals surface area contributed by atoms with E-state index in [-0.39, 0.29) is 12.5 Å². The van der Waals surface area contributed by atoms with E-state index < -0.39 is 6.43 Å². The van der Waals surface area contributed by atoms with E-state index in [0.29, 0.717) is 5.11 Å². The van der Waals surface area contributed by atoms with E-state index in [1.807, 2.05) is 0 Å². The zero-order valence-electron chi connectivity index (χ0n) is 6.53. The number of nitrogens with one attached hydrogen (secondary N) is 2. The standard InChI is InChI=1S/C6H12F2N2S/c1-4(3-5(7)8)10-6(11)9-2/h4-5H,3H2,1-2H3,(H2,9,10,11). The maximum Gasteiger partial charge on any atom is 0.240 e. The Morgan fingerprint density at radius 2 is 2.09 bits per heavy atom. The Morgan fingerprint density at radius 1 is 1.55 bits per heavy atom. The molecule has 2 N–H and O–H groups in total. The molecular weight excluding hydrogens is 170 g/mol. The number of hydrogen-bond acceptors (Lipinski definition) is 1. The molecule has 0 saturated carbocycles. The fourth-order valence-corrected chi connectivity index (χ4v) is 0.823. The minimum atomic E-state index is -2.28. The van der Waals surface area contributed by atoms with Gasteiger partial charge in [-0.3, -0.25) is 0 Å². The van der Waals surface area contributed by atoms with Gasteiger partial charge in [0.2, 0.25) is 6.43 Å². The van der Waals surface area contributed by atoms with Crippen molar-refractivity contribution in [1.29, 1.82) is 0 Å². The van der Waals surface area contributed by atoms with Crippen molar-refractivity contribution in [3.05, 3.63) is 0 Å². The SMILES string of the molecule is CNC(=S)NC(C)CC(F)F. The molecule has 0 saturated heterocycles. The van der Waals surface area contributed by atoms with E-state index in [9.17, 15) is 8.78 Å². The third-order valence-electron chi connectivity index (χ3n) is 1.14. The number of alkyl halides is 2. The highest BCUT2D eigenvalue weighted by atomic mass is 32.1. The van der Waals surface area contributed by atoms with Gasteiger partial charge in [-0.05, 0) is 19.1 Å². The lowest BCUT2D eigenvalue weighted by Gasteiger charge is -2.14. The van der Waals surface area contributed by atoms with Crippen LogP contribution >= 0.6 is 12.2 Å². The highest BCUT2D eigenvalue weighted by molar-refractivity contribution is 7.80. The molecule has 0 spiro atoms. The van der Waals surface area contributed by atoms with E-state index in [1.165, 1.54) is 0 Å². The lowest BCUT2D eigenvalue weighted by Crippen LogP contribution is -2.39. The van der Waals surface area contributed by atoms with Gasteiger partial charge in [0.05, 0.1) is 0 Å². The normalized spacial score (nSPS) is 12.8. The van der Waals surface area contributed by atoms with E-state index in [2.05, 4.69) is 10.6 Å². The van der Waals surface area contributed by atoms with Crippen LogP contribution in [0.2, 0.25) is 0 Å². The van der Waals surface area contributed by atoms with Crippen molar-refractivity contribution in [2.45, 2.75) is 25.8 Å². The van der Waals surface area contributed by atoms with Crippen LogP contribution < -0.4 is 10.6 Å². The van der Waals surface area contributed by atoms with Crippen LogP contribution in [-0.4, -0.2) is 24.6 Å². The quantitative estimate of drug-likeness (QED) is 0.640. The van der Waals surface area contributed by atoms with E-state index >= 15 is 0 Å². The van der Waals surface area contributed by atoms with Crippen LogP contribution in [0.3, 0.4) is 0 Å². The van der Waals surface area contributed by atoms with Gasteiger partial charge in [-0.2, -0.15) is 0 Å². The van der Waals surface area contributed by atoms with Crippen LogP contribution in [0.15, 0.2) is 0 Å². The fraction of sp³-hybridized carbons (Fsp3) is 0.833. The van der Waals surface area contributed by atoms with Gasteiger partial charge in [-0.25, -0.2) is 8.78 Å². The highest BCUT2D eigenvalue weighted by Crippen LogP contribution is 2.02. The van der Waals surface area contributed by atoms with Crippen molar-refractivity contribution in [2.75, 3.05) is 7.05 Å². The van der Waals surface area contributed by atoms with E-state index in [4.69, 9.17) is 12.2 Å². The van der Waals surface area contributed by atoms with Gasteiger partial charge >= 0.3 is 0 Å². The van der Waals surface area contributed by atoms with Crippen molar-refractivity contribution < 1.29 is 8.78 Å². The third-order valence-corrected chi connectivity index (χ3v) is 1.46. The first-order chi connectivity index (χ1) is 5.06. The first-order valence-corrected chi connectivity index (χ1v) is 3.73. The lowest BCUT2D eigenvalue weighted by molar-refractivity contribution is 0.128. The van der Waals surface area contributed by atoms with Crippen molar-refractivity contribution in [3.8, 4) is 0 Å². The Labute approximate surface area is 70.4 Å². The molecule has 0 amide bonds. The van der Waals surface area contributed by atoms with Crippen LogP contribution in [-0.2, 0) is 0 Å². The van der Waals surface area contributed by atoms with E-state index in [1.54, 1.807) is 14.0 Å². The summed E-state index contributed by atoms with van der Waals surface area (Å²) in [6.07, 6.45) is -2.46. The summed E-state index contributed by atoms with van der Waals surface area (Å²) in [7, 11) is 1.64. The van der Waals surface area contributed by atoms with Crippen LogP contribution in [0.4, 0.5) is 8.78 Å². The zero-order chi connectivity index (χ0) is 8.85. The molecule has 2 nitrogen and oxygen atoms in total. The van der Waals surface area contributed by atoms with Crippen molar-refractivity contribution in [2.24, 2.45) is 0 Å². The van der Waals surface area contributed by atoms with Crippen molar-refractivity contribution >= 4 is 17.3 Å². The number of rotatable bonds is 3. The summed E-state index contributed by atoms with van der Waals surface area (Å²) in [6, 6.07) is -0.282. The van der Waals surface area contributed by atoms with Gasteiger partial charge in [-0.1, -0.05) is 0 Å². The molecule has 0 aliphatic rings. The van der Waals surface area contributed by atoms with Gasteiger partial charge in [0.25, 0.3) is 0 Å². The number of thiocarbonyl (C=S) groups is 1. The largest absolute Gasteiger partial charge is 0.366 e. The summed E-state index contributed by atoms with van der Waals surface area (Å²) in [5, 5.41) is 5.75. The summed E-state index contributed by atoms with van der Waals surface area (Å²) in [4.78, 5) is 0. The molecule has 0 aliphatic heterocycles. The number of halogens is 2. The predicted octanol–water partition coefficient (Wildman–Crippen LogP) is 1.12. The molecule has 0 radical (unpaired) electrons. The summed E-state index contributed by atoms with van der Waals surface area (Å²) in [6.45, 7) is 1.66. The molecule has 5 heteroatoms. The molecule has 0 aromatic heterocycles. The molecule has 0 aliphatic carbocycles. The fourth-order valence-electron chi connectivity index (χ4n) is 0.622. The second kappa shape index (κ2) is 5.23. The average Bonchev–Trinajstić information content (AvgIpc) is 1.85. The smallest absolute Gasteiger partial charge is 0.240 e. The second-order valence-electron chi connectivity index (χ2n) is 2.25. The maximum atomic E-state index is 11.7. The molecule has 1 unspecified atom stereocenters. The Balaban J connectivity index is 3.51. The zero-order valence-corrected chi connectivity index (χ0v) is 7.34. The predicted molar refractivity (Wildman–Crippen MR) is 44.9 cm³/mol. The average molecular weight is 182 g/mol. The summed E-state index contributed by atoms with van der Waals surface area (Å²) in [5.74, 6) is 0. The Hall–Kier alpha value is -0.450. The van der Waals surface area contributed by atoms with Gasteiger partial charge in [-0.15, -0.1) is 0 Å². The molecule has 0 bridgehead atoms. The summed E-state index contributed by atoms with van der Waals surface area (Å²) in [5.41, 5.74) is 0. The van der Waals surface area contributed by atoms with E-state index in [0.717, 1.165) is 0 Å². The van der Waals surface area contributed by atoms with Gasteiger partial charge < -0.3 is 10.6 Å². The minimum absolute atomic E-state index is 0.179. The topological polar surface area (TPSA) is 24.1 Å². The van der Waals surface area contributed by atoms with Crippen molar-refractivity contribution in [3.63, 3.8) is 0 Å². The maximum absolute atomic E-state index is 11.7. The summed E-state index contributed by atoms with van der Waals surface area (Å²) >= 11 is 4.72. The molecule has 0 fully saturated rings. The van der Waals surface area contributed by atoms with Gasteiger partial charge in [0, 0.05) is 19.5 Å². The van der Waals surface area contributed by atoms with Gasteiger partial charge in [0.15, 0.2) is 5.11 Å². The molecule has 0 aromatic carbocycles. The molecule has 0 aromatic rings. The first kappa shape index (κ1) is 10.6. The van der Waals surface area contributed by atoms with Gasteiger partial charge in [0.1, 0.15) is 0 Å². The third kappa shape index (κ3) is 5.97. The highest BCUT2D eigenvalue weighted by Gasteiger charge is 2.09. The van der Waals surface area contributed by atoms with Crippen LogP contribution in [0.1, 0.15) is 13.3 Å². The van der Waals surface area contributed by atoms with Crippen LogP contribution in [0.25, 0.3) is 0 Å². The Morgan fingerprint density at radius 3 is 2.45 bits per heavy atom. The summed E-state index contributed by atoms with van der Waals surface area (Å²) < 4.78 is 23.5. The molecule has 11 heavy (non-hydrogen) atoms. The molecule has 66 valence electrons. The molecule has 0 heterocycles. The molecule has 0 rings (SSSR count). The Kier molecular flexibility index (Phi) is 5.02. The van der Waals surface area contributed by atoms with Crippen LogP contribution in [0, 0.1) is 0 Å². The first-order valence-electron chi connectivity index (χ1n) is 3.32. The minimum Gasteiger partial charge on any atom is -0.366 e. The monoisotopic (exact) mass is 182 g/mol. The van der Waals surface area contributed by atoms with Crippen molar-refractivity contribution in [1.82, 2.24) is 10.6 Å². The molecular formula is C6H12F2N2S. The lowest BCUT2D eigenvalue weighted by atomic mass is 10.2. The van der Waals surface area contributed by atoms with Crippen LogP contribution in [0.5, 0.6) is 0 Å². The Bertz CT molecular complexity index is 130. The second-order valence-corrected chi connectivity index (χ2v) is 2.66. The molecule has 1 atom stereocenters. The number of hydrogen-bond donors (Lipinski definition) is 2.